The predicted octanol–water partition coefficient (Wildman–Crippen LogP) is 3.23. The summed E-state index contributed by atoms with van der Waals surface area (Å²) in [7, 11) is 0. The summed E-state index contributed by atoms with van der Waals surface area (Å²) in [5, 5.41) is 1.46. The third-order valence-corrected chi connectivity index (χ3v) is 6.28. The Balaban J connectivity index is 1.24. The minimum atomic E-state index is 0.0335. The van der Waals surface area contributed by atoms with Crippen LogP contribution in [-0.4, -0.2) is 73.2 Å². The minimum absolute atomic E-state index is 0.0335. The second kappa shape index (κ2) is 9.74. The van der Waals surface area contributed by atoms with E-state index >= 15 is 0 Å². The number of piperidine rings is 1. The van der Waals surface area contributed by atoms with Crippen LogP contribution in [0.2, 0.25) is 5.02 Å². The molecule has 6 nitrogen and oxygen atoms in total. The van der Waals surface area contributed by atoms with Crippen LogP contribution in [0.15, 0.2) is 30.5 Å². The Kier molecular flexibility index (Phi) is 6.85. The van der Waals surface area contributed by atoms with Gasteiger partial charge in [0.15, 0.2) is 6.61 Å². The zero-order valence-electron chi connectivity index (χ0n) is 16.7. The lowest BCUT2D eigenvalue weighted by molar-refractivity contribution is -0.134. The van der Waals surface area contributed by atoms with Gasteiger partial charge in [-0.15, -0.1) is 0 Å². The Morgan fingerprint density at radius 1 is 1.17 bits per heavy atom. The molecule has 2 fully saturated rings. The molecule has 0 bridgehead atoms. The van der Waals surface area contributed by atoms with Gasteiger partial charge in [-0.05, 0) is 56.0 Å². The van der Waals surface area contributed by atoms with E-state index in [0.29, 0.717) is 22.2 Å². The van der Waals surface area contributed by atoms with Gasteiger partial charge in [0, 0.05) is 37.8 Å². The van der Waals surface area contributed by atoms with Gasteiger partial charge in [-0.1, -0.05) is 11.6 Å². The monoisotopic (exact) mass is 417 g/mol. The number of nitrogens with zero attached hydrogens (tertiary/aromatic N) is 3. The molecule has 0 unspecified atom stereocenters. The third-order valence-electron chi connectivity index (χ3n) is 5.96. The van der Waals surface area contributed by atoms with E-state index in [4.69, 9.17) is 21.1 Å². The molecule has 1 amide bonds. The Morgan fingerprint density at radius 3 is 2.76 bits per heavy atom. The van der Waals surface area contributed by atoms with Crippen molar-refractivity contribution in [2.75, 3.05) is 52.5 Å². The van der Waals surface area contributed by atoms with Crippen LogP contribution in [0.1, 0.15) is 19.3 Å². The van der Waals surface area contributed by atoms with E-state index in [9.17, 15) is 4.79 Å². The number of rotatable bonds is 6. The van der Waals surface area contributed by atoms with E-state index in [0.717, 1.165) is 64.2 Å². The predicted molar refractivity (Wildman–Crippen MR) is 113 cm³/mol. The van der Waals surface area contributed by atoms with E-state index < -0.39 is 0 Å². The van der Waals surface area contributed by atoms with Gasteiger partial charge in [0.05, 0.1) is 18.2 Å². The number of carbonyl (C=O) groups excluding carboxylic acids is 1. The summed E-state index contributed by atoms with van der Waals surface area (Å²) < 4.78 is 11.2. The SMILES string of the molecule is O=C(COc1ccc(Cl)c2cccnc12)N1CCC(CCN2CCOCC2)CC1. The van der Waals surface area contributed by atoms with E-state index in [1.807, 2.05) is 17.0 Å². The number of fused-ring (bicyclic) bond motifs is 1. The number of benzene rings is 1. The van der Waals surface area contributed by atoms with Crippen LogP contribution >= 0.6 is 11.6 Å². The smallest absolute Gasteiger partial charge is 0.260 e. The molecule has 0 aliphatic carbocycles. The first-order chi connectivity index (χ1) is 14.2. The van der Waals surface area contributed by atoms with Crippen molar-refractivity contribution in [2.24, 2.45) is 5.92 Å². The molecule has 7 heteroatoms. The Hall–Kier alpha value is -1.89. The van der Waals surface area contributed by atoms with E-state index in [1.165, 1.54) is 6.42 Å². The second-order valence-electron chi connectivity index (χ2n) is 7.80. The van der Waals surface area contributed by atoms with E-state index in [2.05, 4.69) is 9.88 Å². The van der Waals surface area contributed by atoms with E-state index in [-0.39, 0.29) is 12.5 Å². The van der Waals surface area contributed by atoms with Gasteiger partial charge in [-0.3, -0.25) is 14.7 Å². The number of hydrogen-bond acceptors (Lipinski definition) is 5. The lowest BCUT2D eigenvalue weighted by Crippen LogP contribution is -2.42. The summed E-state index contributed by atoms with van der Waals surface area (Å²) in [6.45, 7) is 6.60. The Bertz CT molecular complexity index is 833. The molecule has 0 spiro atoms. The first-order valence-electron chi connectivity index (χ1n) is 10.4. The summed E-state index contributed by atoms with van der Waals surface area (Å²) in [6, 6.07) is 7.31. The normalized spacial score (nSPS) is 18.9. The van der Waals surface area contributed by atoms with Crippen LogP contribution in [0.3, 0.4) is 0 Å². The van der Waals surface area contributed by atoms with Crippen LogP contribution in [0.5, 0.6) is 5.75 Å². The van der Waals surface area contributed by atoms with Crippen LogP contribution in [0, 0.1) is 5.92 Å². The number of pyridine rings is 1. The van der Waals surface area contributed by atoms with E-state index in [1.54, 1.807) is 18.3 Å². The third kappa shape index (κ3) is 5.18. The van der Waals surface area contributed by atoms with Gasteiger partial charge < -0.3 is 14.4 Å². The molecule has 2 aliphatic rings. The van der Waals surface area contributed by atoms with Crippen molar-refractivity contribution in [3.8, 4) is 5.75 Å². The molecule has 2 saturated heterocycles. The lowest BCUT2D eigenvalue weighted by Gasteiger charge is -2.34. The fraction of sp³-hybridized carbons (Fsp3) is 0.545. The number of ether oxygens (including phenoxy) is 2. The number of hydrogen-bond donors (Lipinski definition) is 0. The van der Waals surface area contributed by atoms with Crippen molar-refractivity contribution >= 4 is 28.4 Å². The quantitative estimate of drug-likeness (QED) is 0.722. The van der Waals surface area contributed by atoms with Crippen molar-refractivity contribution in [2.45, 2.75) is 19.3 Å². The van der Waals surface area contributed by atoms with Crippen molar-refractivity contribution in [3.05, 3.63) is 35.5 Å². The number of carbonyl (C=O) groups is 1. The summed E-state index contributed by atoms with van der Waals surface area (Å²) in [5.74, 6) is 1.33. The van der Waals surface area contributed by atoms with Gasteiger partial charge in [0.25, 0.3) is 5.91 Å². The van der Waals surface area contributed by atoms with Gasteiger partial charge in [0.1, 0.15) is 11.3 Å². The summed E-state index contributed by atoms with van der Waals surface area (Å²) in [5.41, 5.74) is 0.689. The maximum atomic E-state index is 12.6. The highest BCUT2D eigenvalue weighted by molar-refractivity contribution is 6.35. The molecular formula is C22H28ClN3O3. The molecule has 4 rings (SSSR count). The lowest BCUT2D eigenvalue weighted by atomic mass is 9.93. The van der Waals surface area contributed by atoms with Crippen LogP contribution in [0.25, 0.3) is 10.9 Å². The highest BCUT2D eigenvalue weighted by Gasteiger charge is 2.24. The maximum Gasteiger partial charge on any atom is 0.260 e. The fourth-order valence-electron chi connectivity index (χ4n) is 4.12. The molecule has 1 aromatic heterocycles. The van der Waals surface area contributed by atoms with Gasteiger partial charge >= 0.3 is 0 Å². The van der Waals surface area contributed by atoms with Crippen LogP contribution < -0.4 is 4.74 Å². The first kappa shape index (κ1) is 20.4. The molecule has 29 heavy (non-hydrogen) atoms. The van der Waals surface area contributed by atoms with Gasteiger partial charge in [0.2, 0.25) is 0 Å². The summed E-state index contributed by atoms with van der Waals surface area (Å²) in [6.07, 6.45) is 5.05. The molecule has 3 heterocycles. The zero-order valence-corrected chi connectivity index (χ0v) is 17.4. The number of likely N-dealkylation sites (tertiary alicyclic amines) is 1. The maximum absolute atomic E-state index is 12.6. The average molecular weight is 418 g/mol. The Morgan fingerprint density at radius 2 is 1.97 bits per heavy atom. The highest BCUT2D eigenvalue weighted by Crippen LogP contribution is 2.29. The number of amides is 1. The molecular weight excluding hydrogens is 390 g/mol. The number of halogens is 1. The standard InChI is InChI=1S/C22H28ClN3O3/c23-19-3-4-20(22-18(19)2-1-8-24-22)29-16-21(27)26-10-6-17(7-11-26)5-9-25-12-14-28-15-13-25/h1-4,8,17H,5-7,9-16H2. The number of aromatic nitrogens is 1. The van der Waals surface area contributed by atoms with Crippen molar-refractivity contribution in [1.82, 2.24) is 14.8 Å². The summed E-state index contributed by atoms with van der Waals surface area (Å²) in [4.78, 5) is 21.4. The van der Waals surface area contributed by atoms with Crippen LogP contribution in [0.4, 0.5) is 0 Å². The van der Waals surface area contributed by atoms with Crippen molar-refractivity contribution in [3.63, 3.8) is 0 Å². The zero-order chi connectivity index (χ0) is 20.1. The highest BCUT2D eigenvalue weighted by atomic mass is 35.5. The Labute approximate surface area is 176 Å². The molecule has 0 N–H and O–H groups in total. The molecule has 0 atom stereocenters. The van der Waals surface area contributed by atoms with Crippen LogP contribution in [-0.2, 0) is 9.53 Å². The summed E-state index contributed by atoms with van der Waals surface area (Å²) >= 11 is 6.22. The second-order valence-corrected chi connectivity index (χ2v) is 8.21. The van der Waals surface area contributed by atoms with Crippen molar-refractivity contribution in [1.29, 1.82) is 0 Å². The molecule has 0 radical (unpaired) electrons. The van der Waals surface area contributed by atoms with Gasteiger partial charge in [-0.2, -0.15) is 0 Å². The topological polar surface area (TPSA) is 54.9 Å². The van der Waals surface area contributed by atoms with Crippen molar-refractivity contribution < 1.29 is 14.3 Å². The molecule has 156 valence electrons. The number of morpholine rings is 1. The minimum Gasteiger partial charge on any atom is -0.481 e. The van der Waals surface area contributed by atoms with Gasteiger partial charge in [-0.25, -0.2) is 0 Å². The largest absolute Gasteiger partial charge is 0.481 e. The molecule has 2 aliphatic heterocycles. The molecule has 2 aromatic rings. The molecule has 1 aromatic carbocycles. The molecule has 0 saturated carbocycles. The first-order valence-corrected chi connectivity index (χ1v) is 10.8. The fourth-order valence-corrected chi connectivity index (χ4v) is 4.34. The average Bonchev–Trinajstić information content (AvgIpc) is 2.78.